The summed E-state index contributed by atoms with van der Waals surface area (Å²) in [6.07, 6.45) is 1.85. The molecule has 1 saturated heterocycles. The van der Waals surface area contributed by atoms with Gasteiger partial charge in [0, 0.05) is 36.6 Å². The topological polar surface area (TPSA) is 83.7 Å². The molecule has 2 aromatic rings. The van der Waals surface area contributed by atoms with E-state index >= 15 is 0 Å². The molecule has 30 heavy (non-hydrogen) atoms. The zero-order valence-electron chi connectivity index (χ0n) is 16.6. The van der Waals surface area contributed by atoms with Crippen LogP contribution in [0.15, 0.2) is 48.5 Å². The lowest BCUT2D eigenvalue weighted by atomic mass is 9.90. The van der Waals surface area contributed by atoms with Gasteiger partial charge in [-0.25, -0.2) is 0 Å². The van der Waals surface area contributed by atoms with Crippen LogP contribution in [0.1, 0.15) is 34.3 Å². The van der Waals surface area contributed by atoms with Gasteiger partial charge >= 0.3 is 0 Å². The second kappa shape index (κ2) is 8.48. The van der Waals surface area contributed by atoms with Gasteiger partial charge in [0.2, 0.25) is 11.8 Å². The van der Waals surface area contributed by atoms with Gasteiger partial charge in [-0.05, 0) is 48.2 Å². The van der Waals surface area contributed by atoms with Crippen molar-refractivity contribution in [3.63, 3.8) is 0 Å². The third-order valence-corrected chi connectivity index (χ3v) is 6.26. The number of rotatable bonds is 3. The van der Waals surface area contributed by atoms with Crippen molar-refractivity contribution < 1.29 is 14.4 Å². The fourth-order valence-electron chi connectivity index (χ4n) is 4.38. The molecule has 0 aromatic heterocycles. The molecule has 156 valence electrons. The molecule has 6 nitrogen and oxygen atoms in total. The molecular weight excluding hydrogens is 402 g/mol. The van der Waals surface area contributed by atoms with Crippen LogP contribution in [0.3, 0.4) is 0 Å². The standard InChI is InChI=1S/C23H24ClN3O3/c24-19-9-7-15(8-10-19)22(29)26-11-3-6-18(13-26)23(30)27-14-17-5-2-1-4-16(17)12-20(27)21(25)28/h1-2,4-5,7-10,18,20H,3,6,11-14H2,(H2,25,28)/t18-,20+/m1/s1. The van der Waals surface area contributed by atoms with Gasteiger partial charge in [-0.2, -0.15) is 0 Å². The van der Waals surface area contributed by atoms with Crippen molar-refractivity contribution in [2.75, 3.05) is 13.1 Å². The van der Waals surface area contributed by atoms with Gasteiger partial charge in [-0.3, -0.25) is 14.4 Å². The zero-order valence-corrected chi connectivity index (χ0v) is 17.3. The van der Waals surface area contributed by atoms with Crippen LogP contribution in [0, 0.1) is 5.92 Å². The van der Waals surface area contributed by atoms with Crippen LogP contribution in [0.5, 0.6) is 0 Å². The van der Waals surface area contributed by atoms with E-state index in [1.165, 1.54) is 0 Å². The molecule has 0 radical (unpaired) electrons. The number of halogens is 1. The number of carbonyl (C=O) groups excluding carboxylic acids is 3. The van der Waals surface area contributed by atoms with Crippen molar-refractivity contribution >= 4 is 29.3 Å². The number of fused-ring (bicyclic) bond motifs is 1. The Morgan fingerprint density at radius 2 is 1.70 bits per heavy atom. The van der Waals surface area contributed by atoms with E-state index in [0.717, 1.165) is 17.5 Å². The van der Waals surface area contributed by atoms with Crippen molar-refractivity contribution in [3.05, 3.63) is 70.2 Å². The molecular formula is C23H24ClN3O3. The van der Waals surface area contributed by atoms with E-state index in [0.29, 0.717) is 43.1 Å². The van der Waals surface area contributed by atoms with Crippen LogP contribution in [0.2, 0.25) is 5.02 Å². The first kappa shape index (κ1) is 20.4. The summed E-state index contributed by atoms with van der Waals surface area (Å²) in [5.41, 5.74) is 8.27. The second-order valence-electron chi connectivity index (χ2n) is 7.95. The van der Waals surface area contributed by atoms with Crippen molar-refractivity contribution in [1.29, 1.82) is 0 Å². The molecule has 1 fully saturated rings. The minimum absolute atomic E-state index is 0.109. The molecule has 3 amide bonds. The van der Waals surface area contributed by atoms with Crippen molar-refractivity contribution in [2.45, 2.75) is 31.8 Å². The van der Waals surface area contributed by atoms with Gasteiger partial charge < -0.3 is 15.5 Å². The van der Waals surface area contributed by atoms with Gasteiger partial charge in [0.25, 0.3) is 5.91 Å². The summed E-state index contributed by atoms with van der Waals surface area (Å²) >= 11 is 5.92. The fourth-order valence-corrected chi connectivity index (χ4v) is 4.51. The molecule has 0 saturated carbocycles. The first-order valence-corrected chi connectivity index (χ1v) is 10.5. The van der Waals surface area contributed by atoms with E-state index < -0.39 is 11.9 Å². The molecule has 2 heterocycles. The SMILES string of the molecule is NC(=O)[C@@H]1Cc2ccccc2CN1C(=O)[C@@H]1CCCN(C(=O)c2ccc(Cl)cc2)C1. The Bertz CT molecular complexity index is 976. The van der Waals surface area contributed by atoms with Crippen molar-refractivity contribution in [2.24, 2.45) is 11.7 Å². The molecule has 2 aromatic carbocycles. The predicted octanol–water partition coefficient (Wildman–Crippen LogP) is 2.63. The quantitative estimate of drug-likeness (QED) is 0.820. The van der Waals surface area contributed by atoms with Gasteiger partial charge in [0.15, 0.2) is 0 Å². The predicted molar refractivity (Wildman–Crippen MR) is 114 cm³/mol. The first-order valence-electron chi connectivity index (χ1n) is 10.2. The Labute approximate surface area is 180 Å². The van der Waals surface area contributed by atoms with Gasteiger partial charge in [-0.1, -0.05) is 35.9 Å². The summed E-state index contributed by atoms with van der Waals surface area (Å²) in [4.78, 5) is 41.7. The summed E-state index contributed by atoms with van der Waals surface area (Å²) < 4.78 is 0. The van der Waals surface area contributed by atoms with E-state index in [4.69, 9.17) is 17.3 Å². The lowest BCUT2D eigenvalue weighted by molar-refractivity contribution is -0.145. The number of hydrogen-bond acceptors (Lipinski definition) is 3. The highest BCUT2D eigenvalue weighted by molar-refractivity contribution is 6.30. The van der Waals surface area contributed by atoms with Crippen LogP contribution in [-0.2, 0) is 22.6 Å². The molecule has 2 atom stereocenters. The van der Waals surface area contributed by atoms with E-state index in [2.05, 4.69) is 0 Å². The minimum Gasteiger partial charge on any atom is -0.368 e. The Kier molecular flexibility index (Phi) is 5.77. The summed E-state index contributed by atoms with van der Waals surface area (Å²) in [7, 11) is 0. The molecule has 0 bridgehead atoms. The molecule has 0 unspecified atom stereocenters. The third kappa shape index (κ3) is 4.05. The minimum atomic E-state index is -0.658. The highest BCUT2D eigenvalue weighted by atomic mass is 35.5. The Morgan fingerprint density at radius 3 is 2.40 bits per heavy atom. The monoisotopic (exact) mass is 425 g/mol. The lowest BCUT2D eigenvalue weighted by Crippen LogP contribution is -2.55. The van der Waals surface area contributed by atoms with Gasteiger partial charge in [-0.15, -0.1) is 0 Å². The number of nitrogens with zero attached hydrogens (tertiary/aromatic N) is 2. The van der Waals surface area contributed by atoms with Gasteiger partial charge in [0.05, 0.1) is 5.92 Å². The molecule has 2 aliphatic heterocycles. The highest BCUT2D eigenvalue weighted by Gasteiger charge is 2.38. The van der Waals surface area contributed by atoms with E-state index in [1.54, 1.807) is 34.1 Å². The Morgan fingerprint density at radius 1 is 1.00 bits per heavy atom. The number of benzene rings is 2. The molecule has 7 heteroatoms. The van der Waals surface area contributed by atoms with Crippen molar-refractivity contribution in [1.82, 2.24) is 9.80 Å². The second-order valence-corrected chi connectivity index (χ2v) is 8.39. The van der Waals surface area contributed by atoms with Crippen LogP contribution < -0.4 is 5.73 Å². The Hall–Kier alpha value is -2.86. The molecule has 0 aliphatic carbocycles. The first-order chi connectivity index (χ1) is 14.4. The van der Waals surface area contributed by atoms with E-state index in [1.807, 2.05) is 24.3 Å². The summed E-state index contributed by atoms with van der Waals surface area (Å²) in [5, 5.41) is 0.570. The molecule has 2 N–H and O–H groups in total. The Balaban J connectivity index is 1.51. The average Bonchev–Trinajstić information content (AvgIpc) is 2.77. The lowest BCUT2D eigenvalue weighted by Gasteiger charge is -2.40. The molecule has 0 spiro atoms. The maximum atomic E-state index is 13.4. The number of nitrogens with two attached hydrogens (primary N) is 1. The van der Waals surface area contributed by atoms with E-state index in [-0.39, 0.29) is 17.7 Å². The summed E-state index contributed by atoms with van der Waals surface area (Å²) in [6, 6.07) is 13.9. The number of piperidine rings is 1. The van der Waals surface area contributed by atoms with Crippen molar-refractivity contribution in [3.8, 4) is 0 Å². The number of hydrogen-bond donors (Lipinski definition) is 1. The van der Waals surface area contributed by atoms with Crippen LogP contribution in [0.25, 0.3) is 0 Å². The fraction of sp³-hybridized carbons (Fsp3) is 0.348. The maximum Gasteiger partial charge on any atom is 0.253 e. The highest BCUT2D eigenvalue weighted by Crippen LogP contribution is 2.28. The molecule has 2 aliphatic rings. The normalized spacial score (nSPS) is 21.1. The van der Waals surface area contributed by atoms with Crippen LogP contribution >= 0.6 is 11.6 Å². The maximum absolute atomic E-state index is 13.4. The zero-order chi connectivity index (χ0) is 21.3. The molecule has 4 rings (SSSR count). The summed E-state index contributed by atoms with van der Waals surface area (Å²) in [6.45, 7) is 1.31. The average molecular weight is 426 g/mol. The largest absolute Gasteiger partial charge is 0.368 e. The van der Waals surface area contributed by atoms with E-state index in [9.17, 15) is 14.4 Å². The number of amides is 3. The smallest absolute Gasteiger partial charge is 0.253 e. The number of likely N-dealkylation sites (tertiary alicyclic amines) is 1. The van der Waals surface area contributed by atoms with Crippen LogP contribution in [-0.4, -0.2) is 46.7 Å². The van der Waals surface area contributed by atoms with Gasteiger partial charge in [0.1, 0.15) is 6.04 Å². The summed E-state index contributed by atoms with van der Waals surface area (Å²) in [5.74, 6) is -1.06. The van der Waals surface area contributed by atoms with Crippen LogP contribution in [0.4, 0.5) is 0 Å². The number of carbonyl (C=O) groups is 3. The third-order valence-electron chi connectivity index (χ3n) is 6.01. The number of primary amides is 1.